The lowest BCUT2D eigenvalue weighted by Gasteiger charge is -2.19. The monoisotopic (exact) mass is 235 g/mol. The van der Waals surface area contributed by atoms with Crippen molar-refractivity contribution in [2.24, 2.45) is 0 Å². The summed E-state index contributed by atoms with van der Waals surface area (Å²) in [7, 11) is 0. The van der Waals surface area contributed by atoms with Crippen LogP contribution in [0, 0.1) is 0 Å². The molecule has 0 aromatic heterocycles. The van der Waals surface area contributed by atoms with Gasteiger partial charge in [-0.2, -0.15) is 0 Å². The van der Waals surface area contributed by atoms with Crippen molar-refractivity contribution in [3.05, 3.63) is 30.3 Å². The van der Waals surface area contributed by atoms with Crippen LogP contribution in [0.3, 0.4) is 0 Å². The van der Waals surface area contributed by atoms with Crippen LogP contribution in [0.2, 0.25) is 0 Å². The molecule has 0 bridgehead atoms. The fourth-order valence-corrected chi connectivity index (χ4v) is 1.91. The first-order chi connectivity index (χ1) is 8.00. The third-order valence-corrected chi connectivity index (χ3v) is 2.64. The van der Waals surface area contributed by atoms with Gasteiger partial charge in [-0.05, 0) is 19.1 Å². The molecule has 1 N–H and O–H groups in total. The summed E-state index contributed by atoms with van der Waals surface area (Å²) in [4.78, 5) is 23.8. The summed E-state index contributed by atoms with van der Waals surface area (Å²) in [6.45, 7) is 1.88. The summed E-state index contributed by atoms with van der Waals surface area (Å²) in [6, 6.07) is 9.05. The smallest absolute Gasteiger partial charge is 0.415 e. The average Bonchev–Trinajstić information content (AvgIpc) is 2.54. The fourth-order valence-electron chi connectivity index (χ4n) is 1.91. The van der Waals surface area contributed by atoms with Gasteiger partial charge in [-0.25, -0.2) is 4.79 Å². The number of nitrogens with zero attached hydrogens (tertiary/aromatic N) is 1. The lowest BCUT2D eigenvalue weighted by Crippen LogP contribution is -2.33. The first kappa shape index (κ1) is 11.4. The summed E-state index contributed by atoms with van der Waals surface area (Å²) in [5, 5.41) is 8.77. The van der Waals surface area contributed by atoms with Crippen LogP contribution >= 0.6 is 0 Å². The summed E-state index contributed by atoms with van der Waals surface area (Å²) < 4.78 is 5.13. The van der Waals surface area contributed by atoms with Crippen molar-refractivity contribution < 1.29 is 19.4 Å². The number of hydrogen-bond acceptors (Lipinski definition) is 3. The minimum atomic E-state index is -0.977. The van der Waals surface area contributed by atoms with Crippen LogP contribution in [0.15, 0.2) is 30.3 Å². The number of carboxylic acids is 1. The molecule has 0 spiro atoms. The molecule has 1 atom stereocenters. The van der Waals surface area contributed by atoms with E-state index in [-0.39, 0.29) is 13.0 Å². The molecule has 0 radical (unpaired) electrons. The van der Waals surface area contributed by atoms with Crippen LogP contribution < -0.4 is 4.90 Å². The quantitative estimate of drug-likeness (QED) is 0.868. The summed E-state index contributed by atoms with van der Waals surface area (Å²) >= 11 is 0. The Morgan fingerprint density at radius 3 is 2.71 bits per heavy atom. The van der Waals surface area contributed by atoms with E-state index in [0.29, 0.717) is 5.69 Å². The van der Waals surface area contributed by atoms with Gasteiger partial charge < -0.3 is 9.84 Å². The van der Waals surface area contributed by atoms with Gasteiger partial charge >= 0.3 is 12.1 Å². The van der Waals surface area contributed by atoms with Crippen molar-refractivity contribution in [1.29, 1.82) is 0 Å². The van der Waals surface area contributed by atoms with Crippen molar-refractivity contribution in [3.8, 4) is 0 Å². The Bertz CT molecular complexity index is 445. The molecule has 1 amide bonds. The van der Waals surface area contributed by atoms with Gasteiger partial charge in [0.1, 0.15) is 5.60 Å². The zero-order chi connectivity index (χ0) is 12.5. The SMILES string of the molecule is CC1(CC(=O)O)CN(c2ccccc2)C(=O)O1. The van der Waals surface area contributed by atoms with E-state index in [2.05, 4.69) is 0 Å². The minimum absolute atomic E-state index is 0.192. The Hall–Kier alpha value is -2.04. The van der Waals surface area contributed by atoms with Crippen LogP contribution in [0.1, 0.15) is 13.3 Å². The topological polar surface area (TPSA) is 66.8 Å². The predicted molar refractivity (Wildman–Crippen MR) is 60.9 cm³/mol. The van der Waals surface area contributed by atoms with Gasteiger partial charge in [0.25, 0.3) is 0 Å². The van der Waals surface area contributed by atoms with Crippen LogP contribution in [0.4, 0.5) is 10.5 Å². The highest BCUT2D eigenvalue weighted by atomic mass is 16.6. The van der Waals surface area contributed by atoms with Gasteiger partial charge in [-0.15, -0.1) is 0 Å². The van der Waals surface area contributed by atoms with E-state index < -0.39 is 17.7 Å². The molecule has 5 nitrogen and oxygen atoms in total. The number of aliphatic carboxylic acids is 1. The number of hydrogen-bond donors (Lipinski definition) is 1. The number of anilines is 1. The van der Waals surface area contributed by atoms with Gasteiger partial charge in [0, 0.05) is 5.69 Å². The summed E-state index contributed by atoms with van der Waals surface area (Å²) in [5.74, 6) is -0.977. The second kappa shape index (κ2) is 4.08. The Morgan fingerprint density at radius 2 is 2.12 bits per heavy atom. The molecule has 1 heterocycles. The molecular weight excluding hydrogens is 222 g/mol. The number of rotatable bonds is 3. The van der Waals surface area contributed by atoms with Crippen LogP contribution in [0.25, 0.3) is 0 Å². The van der Waals surface area contributed by atoms with Crippen LogP contribution in [-0.2, 0) is 9.53 Å². The third kappa shape index (κ3) is 2.38. The molecule has 90 valence electrons. The summed E-state index contributed by atoms with van der Waals surface area (Å²) in [5.41, 5.74) is -0.245. The Morgan fingerprint density at radius 1 is 1.47 bits per heavy atom. The zero-order valence-corrected chi connectivity index (χ0v) is 9.42. The molecule has 1 unspecified atom stereocenters. The highest BCUT2D eigenvalue weighted by Gasteiger charge is 2.43. The second-order valence-electron chi connectivity index (χ2n) is 4.31. The van der Waals surface area contributed by atoms with Gasteiger partial charge in [0.05, 0.1) is 13.0 Å². The predicted octanol–water partition coefficient (Wildman–Crippen LogP) is 1.88. The molecule has 5 heteroatoms. The normalized spacial score (nSPS) is 23.6. The first-order valence-electron chi connectivity index (χ1n) is 5.27. The number of cyclic esters (lactones) is 1. The zero-order valence-electron chi connectivity index (χ0n) is 9.42. The highest BCUT2D eigenvalue weighted by Crippen LogP contribution is 2.29. The minimum Gasteiger partial charge on any atom is -0.481 e. The molecule has 1 aromatic rings. The molecule has 1 fully saturated rings. The highest BCUT2D eigenvalue weighted by molar-refractivity contribution is 5.90. The van der Waals surface area contributed by atoms with E-state index in [4.69, 9.17) is 9.84 Å². The summed E-state index contributed by atoms with van der Waals surface area (Å²) in [6.07, 6.45) is -0.692. The number of para-hydroxylation sites is 1. The molecular formula is C12H13NO4. The first-order valence-corrected chi connectivity index (χ1v) is 5.27. The molecule has 1 aliphatic rings. The van der Waals surface area contributed by atoms with Crippen molar-refractivity contribution in [2.75, 3.05) is 11.4 Å². The maximum Gasteiger partial charge on any atom is 0.415 e. The maximum atomic E-state index is 11.7. The maximum absolute atomic E-state index is 11.7. The van der Waals surface area contributed by atoms with E-state index in [1.807, 2.05) is 18.2 Å². The van der Waals surface area contributed by atoms with E-state index in [0.717, 1.165) is 0 Å². The van der Waals surface area contributed by atoms with Gasteiger partial charge in [0.15, 0.2) is 0 Å². The number of carbonyl (C=O) groups excluding carboxylic acids is 1. The Labute approximate surface area is 98.6 Å². The van der Waals surface area contributed by atoms with Crippen molar-refractivity contribution in [2.45, 2.75) is 18.9 Å². The fraction of sp³-hybridized carbons (Fsp3) is 0.333. The molecule has 0 saturated carbocycles. The van der Waals surface area contributed by atoms with Gasteiger partial charge in [0.2, 0.25) is 0 Å². The lowest BCUT2D eigenvalue weighted by atomic mass is 10.0. The van der Waals surface area contributed by atoms with E-state index >= 15 is 0 Å². The number of ether oxygens (including phenoxy) is 1. The molecule has 1 aromatic carbocycles. The lowest BCUT2D eigenvalue weighted by molar-refractivity contribution is -0.140. The van der Waals surface area contributed by atoms with Crippen LogP contribution in [-0.4, -0.2) is 29.3 Å². The molecule has 2 rings (SSSR count). The molecule has 0 aliphatic carbocycles. The van der Waals surface area contributed by atoms with E-state index in [1.165, 1.54) is 4.90 Å². The number of carbonyl (C=O) groups is 2. The molecule has 1 aliphatic heterocycles. The average molecular weight is 235 g/mol. The van der Waals surface area contributed by atoms with Crippen molar-refractivity contribution in [1.82, 2.24) is 0 Å². The second-order valence-corrected chi connectivity index (χ2v) is 4.31. The largest absolute Gasteiger partial charge is 0.481 e. The third-order valence-electron chi connectivity index (χ3n) is 2.64. The molecule has 1 saturated heterocycles. The Balaban J connectivity index is 2.18. The molecule has 17 heavy (non-hydrogen) atoms. The number of carboxylic acid groups (broad SMARTS) is 1. The number of amides is 1. The van der Waals surface area contributed by atoms with Gasteiger partial charge in [-0.1, -0.05) is 18.2 Å². The van der Waals surface area contributed by atoms with Crippen molar-refractivity contribution in [3.63, 3.8) is 0 Å². The van der Waals surface area contributed by atoms with E-state index in [1.54, 1.807) is 19.1 Å². The van der Waals surface area contributed by atoms with Gasteiger partial charge in [-0.3, -0.25) is 9.69 Å². The standard InChI is InChI=1S/C12H13NO4/c1-12(7-10(14)15)8-13(11(16)17-12)9-5-3-2-4-6-9/h2-6H,7-8H2,1H3,(H,14,15). The van der Waals surface area contributed by atoms with E-state index in [9.17, 15) is 9.59 Å². The Kier molecular flexibility index (Phi) is 2.75. The van der Waals surface area contributed by atoms with Crippen LogP contribution in [0.5, 0.6) is 0 Å². The number of benzene rings is 1. The van der Waals surface area contributed by atoms with Crippen molar-refractivity contribution >= 4 is 17.7 Å².